The van der Waals surface area contributed by atoms with Crippen molar-refractivity contribution in [1.82, 2.24) is 4.98 Å². The molecule has 1 heterocycles. The number of ether oxygens (including phenoxy) is 1. The summed E-state index contributed by atoms with van der Waals surface area (Å²) in [5, 5.41) is 1.06. The third kappa shape index (κ3) is 4.63. The molecule has 0 aliphatic rings. The molecule has 0 amide bonds. The van der Waals surface area contributed by atoms with Gasteiger partial charge < -0.3 is 9.15 Å². The van der Waals surface area contributed by atoms with Gasteiger partial charge in [-0.05, 0) is 42.0 Å². The molecule has 0 N–H and O–H groups in total. The molecule has 4 nitrogen and oxygen atoms in total. The number of hydrogen-bond donors (Lipinski definition) is 0. The molecule has 7 heteroatoms. The van der Waals surface area contributed by atoms with E-state index in [-0.39, 0.29) is 5.75 Å². The van der Waals surface area contributed by atoms with E-state index >= 15 is 0 Å². The van der Waals surface area contributed by atoms with Gasteiger partial charge in [-0.25, -0.2) is 4.98 Å². The molecule has 3 aromatic rings. The first-order valence-electron chi connectivity index (χ1n) is 7.43. The molecule has 0 saturated carbocycles. The van der Waals surface area contributed by atoms with Gasteiger partial charge in [0.1, 0.15) is 11.5 Å². The second-order valence-corrected chi connectivity index (χ2v) is 7.61. The van der Waals surface area contributed by atoms with Gasteiger partial charge in [0.25, 0.3) is 0 Å². The molecular formula is C18H15Cl2NO3S. The minimum absolute atomic E-state index is 0.217. The Morgan fingerprint density at radius 3 is 2.56 bits per heavy atom. The summed E-state index contributed by atoms with van der Waals surface area (Å²) in [6.07, 6.45) is 1.63. The fourth-order valence-electron chi connectivity index (χ4n) is 2.27. The van der Waals surface area contributed by atoms with Gasteiger partial charge in [0.05, 0.1) is 19.1 Å². The van der Waals surface area contributed by atoms with Crippen LogP contribution in [0.25, 0.3) is 11.3 Å². The van der Waals surface area contributed by atoms with Crippen molar-refractivity contribution in [2.45, 2.75) is 11.5 Å². The van der Waals surface area contributed by atoms with Crippen molar-refractivity contribution >= 4 is 34.0 Å². The van der Waals surface area contributed by atoms with Crippen molar-refractivity contribution in [3.05, 3.63) is 70.2 Å². The van der Waals surface area contributed by atoms with Crippen LogP contribution in [0, 0.1) is 0 Å². The van der Waals surface area contributed by atoms with E-state index in [4.69, 9.17) is 32.4 Å². The molecular weight excluding hydrogens is 381 g/mol. The van der Waals surface area contributed by atoms with Crippen LogP contribution in [-0.4, -0.2) is 16.3 Å². The minimum Gasteiger partial charge on any atom is -0.497 e. The highest BCUT2D eigenvalue weighted by Gasteiger charge is 2.12. The zero-order valence-electron chi connectivity index (χ0n) is 13.4. The summed E-state index contributed by atoms with van der Waals surface area (Å²) in [5.74, 6) is 2.35. The number of hydrogen-bond acceptors (Lipinski definition) is 4. The van der Waals surface area contributed by atoms with Crippen LogP contribution >= 0.6 is 23.2 Å². The van der Waals surface area contributed by atoms with Gasteiger partial charge in [-0.2, -0.15) is 0 Å². The normalized spacial score (nSPS) is 12.1. The number of methoxy groups -OCH3 is 1. The van der Waals surface area contributed by atoms with Crippen LogP contribution in [0.1, 0.15) is 11.5 Å². The summed E-state index contributed by atoms with van der Waals surface area (Å²) in [4.78, 5) is 4.21. The largest absolute Gasteiger partial charge is 0.497 e. The lowest BCUT2D eigenvalue weighted by atomic mass is 10.2. The molecule has 0 fully saturated rings. The average molecular weight is 396 g/mol. The van der Waals surface area contributed by atoms with Crippen molar-refractivity contribution in [2.24, 2.45) is 0 Å². The summed E-state index contributed by atoms with van der Waals surface area (Å²) in [5.41, 5.74) is 1.66. The SMILES string of the molecule is COc1ccc(-c2cnc(CS(=O)Cc3ccc(Cl)cc3Cl)o2)cc1. The predicted octanol–water partition coefficient (Wildman–Crippen LogP) is 5.11. The first kappa shape index (κ1) is 18.0. The van der Waals surface area contributed by atoms with Gasteiger partial charge >= 0.3 is 0 Å². The maximum absolute atomic E-state index is 12.4. The highest BCUT2D eigenvalue weighted by atomic mass is 35.5. The summed E-state index contributed by atoms with van der Waals surface area (Å²) in [7, 11) is 0.424. The van der Waals surface area contributed by atoms with Crippen LogP contribution < -0.4 is 4.74 Å². The van der Waals surface area contributed by atoms with E-state index in [0.717, 1.165) is 16.9 Å². The van der Waals surface area contributed by atoms with E-state index in [9.17, 15) is 4.21 Å². The predicted molar refractivity (Wildman–Crippen MR) is 101 cm³/mol. The Kier molecular flexibility index (Phi) is 5.78. The lowest BCUT2D eigenvalue weighted by Crippen LogP contribution is -2.00. The fraction of sp³-hybridized carbons (Fsp3) is 0.167. The number of aromatic nitrogens is 1. The van der Waals surface area contributed by atoms with Crippen LogP contribution in [0.5, 0.6) is 5.75 Å². The van der Waals surface area contributed by atoms with Crippen molar-refractivity contribution in [1.29, 1.82) is 0 Å². The van der Waals surface area contributed by atoms with Gasteiger partial charge in [0, 0.05) is 26.4 Å². The summed E-state index contributed by atoms with van der Waals surface area (Å²) < 4.78 is 23.2. The second-order valence-electron chi connectivity index (χ2n) is 5.31. The van der Waals surface area contributed by atoms with Gasteiger partial charge in [0.15, 0.2) is 5.76 Å². The molecule has 0 radical (unpaired) electrons. The van der Waals surface area contributed by atoms with Crippen LogP contribution in [0.2, 0.25) is 10.0 Å². The van der Waals surface area contributed by atoms with Crippen LogP contribution in [0.15, 0.2) is 53.1 Å². The maximum atomic E-state index is 12.4. The van der Waals surface area contributed by atoms with Gasteiger partial charge in [-0.15, -0.1) is 0 Å². The minimum atomic E-state index is -1.19. The second kappa shape index (κ2) is 8.04. The Hall–Kier alpha value is -1.82. The molecule has 130 valence electrons. The van der Waals surface area contributed by atoms with Crippen molar-refractivity contribution < 1.29 is 13.4 Å². The zero-order chi connectivity index (χ0) is 17.8. The van der Waals surface area contributed by atoms with Crippen molar-refractivity contribution in [2.75, 3.05) is 7.11 Å². The summed E-state index contributed by atoms with van der Waals surface area (Å²) >= 11 is 12.0. The molecule has 0 saturated heterocycles. The van der Waals surface area contributed by atoms with E-state index in [0.29, 0.717) is 27.4 Å². The third-order valence-electron chi connectivity index (χ3n) is 3.54. The molecule has 3 rings (SSSR count). The number of nitrogens with zero attached hydrogens (tertiary/aromatic N) is 1. The highest BCUT2D eigenvalue weighted by Crippen LogP contribution is 2.25. The molecule has 25 heavy (non-hydrogen) atoms. The Labute approximate surface area is 158 Å². The number of halogens is 2. The Balaban J connectivity index is 1.67. The van der Waals surface area contributed by atoms with E-state index in [1.165, 1.54) is 0 Å². The van der Waals surface area contributed by atoms with E-state index in [2.05, 4.69) is 4.98 Å². The van der Waals surface area contributed by atoms with Crippen molar-refractivity contribution in [3.63, 3.8) is 0 Å². The van der Waals surface area contributed by atoms with E-state index in [1.54, 1.807) is 31.5 Å². The summed E-state index contributed by atoms with van der Waals surface area (Å²) in [6.45, 7) is 0. The quantitative estimate of drug-likeness (QED) is 0.581. The molecule has 0 aliphatic heterocycles. The number of rotatable bonds is 6. The highest BCUT2D eigenvalue weighted by molar-refractivity contribution is 7.83. The third-order valence-corrected chi connectivity index (χ3v) is 5.33. The molecule has 0 aliphatic carbocycles. The first-order valence-corrected chi connectivity index (χ1v) is 9.67. The maximum Gasteiger partial charge on any atom is 0.207 e. The van der Waals surface area contributed by atoms with E-state index < -0.39 is 10.8 Å². The number of benzene rings is 2. The molecule has 1 unspecified atom stereocenters. The molecule has 0 spiro atoms. The molecule has 0 bridgehead atoms. The Morgan fingerprint density at radius 2 is 1.88 bits per heavy atom. The number of oxazole rings is 1. The lowest BCUT2D eigenvalue weighted by Gasteiger charge is -2.04. The first-order chi connectivity index (χ1) is 12.0. The van der Waals surface area contributed by atoms with Crippen LogP contribution in [0.3, 0.4) is 0 Å². The zero-order valence-corrected chi connectivity index (χ0v) is 15.7. The lowest BCUT2D eigenvalue weighted by molar-refractivity contribution is 0.415. The fourth-order valence-corrected chi connectivity index (χ4v) is 3.93. The van der Waals surface area contributed by atoms with Crippen molar-refractivity contribution in [3.8, 4) is 17.1 Å². The smallest absolute Gasteiger partial charge is 0.207 e. The topological polar surface area (TPSA) is 52.3 Å². The Morgan fingerprint density at radius 1 is 1.12 bits per heavy atom. The summed E-state index contributed by atoms with van der Waals surface area (Å²) in [6, 6.07) is 12.6. The molecule has 2 aromatic carbocycles. The monoisotopic (exact) mass is 395 g/mol. The standard InChI is InChI=1S/C18H15Cl2NO3S/c1-23-15-6-3-12(4-7-15)17-9-21-18(24-17)11-25(22)10-13-2-5-14(19)8-16(13)20/h2-9H,10-11H2,1H3. The van der Waals surface area contributed by atoms with Gasteiger partial charge in [-0.3, -0.25) is 4.21 Å². The van der Waals surface area contributed by atoms with Crippen LogP contribution in [0.4, 0.5) is 0 Å². The average Bonchev–Trinajstić information content (AvgIpc) is 3.06. The van der Waals surface area contributed by atoms with Gasteiger partial charge in [0.2, 0.25) is 5.89 Å². The van der Waals surface area contributed by atoms with E-state index in [1.807, 2.05) is 24.3 Å². The van der Waals surface area contributed by atoms with Gasteiger partial charge in [-0.1, -0.05) is 29.3 Å². The van der Waals surface area contributed by atoms with Crippen LogP contribution in [-0.2, 0) is 22.3 Å². The molecule has 1 atom stereocenters. The molecule has 1 aromatic heterocycles. The Bertz CT molecular complexity index is 894.